The minimum atomic E-state index is -0.503. The first-order chi connectivity index (χ1) is 17.5. The van der Waals surface area contributed by atoms with E-state index in [1.54, 1.807) is 13.2 Å². The van der Waals surface area contributed by atoms with E-state index in [9.17, 15) is 14.4 Å². The van der Waals surface area contributed by atoms with Crippen molar-refractivity contribution in [1.29, 1.82) is 0 Å². The van der Waals surface area contributed by atoms with Crippen LogP contribution in [0.1, 0.15) is 5.56 Å². The van der Waals surface area contributed by atoms with Crippen LogP contribution in [0.15, 0.2) is 65.6 Å². The lowest BCUT2D eigenvalue weighted by Crippen LogP contribution is -2.38. The second kappa shape index (κ2) is 10.4. The zero-order chi connectivity index (χ0) is 25.1. The quantitative estimate of drug-likeness (QED) is 0.500. The van der Waals surface area contributed by atoms with E-state index in [0.29, 0.717) is 30.2 Å². The summed E-state index contributed by atoms with van der Waals surface area (Å²) in [7, 11) is 1.56. The molecule has 0 aliphatic carbocycles. The van der Waals surface area contributed by atoms with Crippen molar-refractivity contribution in [3.8, 4) is 5.75 Å². The maximum Gasteiger partial charge on any atom is 0.294 e. The van der Waals surface area contributed by atoms with Gasteiger partial charge in [-0.15, -0.1) is 0 Å². The Morgan fingerprint density at radius 1 is 1.06 bits per heavy atom. The number of carbonyl (C=O) groups excluding carboxylic acids is 3. The van der Waals surface area contributed by atoms with Crippen LogP contribution in [0.25, 0.3) is 16.8 Å². The Kier molecular flexibility index (Phi) is 6.92. The lowest BCUT2D eigenvalue weighted by Gasteiger charge is -2.30. The molecule has 2 aliphatic heterocycles. The van der Waals surface area contributed by atoms with E-state index in [0.717, 1.165) is 46.2 Å². The number of hydrogen-bond acceptors (Lipinski definition) is 7. The summed E-state index contributed by atoms with van der Waals surface area (Å²) in [5, 5.41) is 4.27. The number of hydrogen-bond donors (Lipinski definition) is 1. The van der Waals surface area contributed by atoms with Crippen LogP contribution in [0.2, 0.25) is 0 Å². The number of morpholine rings is 1. The summed E-state index contributed by atoms with van der Waals surface area (Å²) >= 11 is 0.819. The predicted molar refractivity (Wildman–Crippen MR) is 141 cm³/mol. The Balaban J connectivity index is 1.34. The van der Waals surface area contributed by atoms with Crippen LogP contribution >= 0.6 is 11.8 Å². The number of nitrogens with zero attached hydrogens (tertiary/aromatic N) is 2. The number of imide groups is 1. The molecule has 2 aliphatic rings. The number of anilines is 2. The van der Waals surface area contributed by atoms with Gasteiger partial charge in [-0.25, -0.2) is 0 Å². The largest absolute Gasteiger partial charge is 0.496 e. The van der Waals surface area contributed by atoms with Gasteiger partial charge in [-0.1, -0.05) is 42.5 Å². The van der Waals surface area contributed by atoms with Crippen molar-refractivity contribution in [3.63, 3.8) is 0 Å². The van der Waals surface area contributed by atoms with Crippen LogP contribution in [0, 0.1) is 0 Å². The first-order valence-electron chi connectivity index (χ1n) is 11.6. The lowest BCUT2D eigenvalue weighted by atomic mass is 10.0. The minimum absolute atomic E-state index is 0.246. The SMILES string of the molecule is COc1ccc2ccccc2c1/C=C1/SC(=O)N(CC(=O)Nc2ccccc2N2CCOCC2)C1=O. The molecule has 0 unspecified atom stereocenters. The van der Waals surface area contributed by atoms with Crippen LogP contribution < -0.4 is 15.0 Å². The molecule has 0 bridgehead atoms. The normalized spacial score (nSPS) is 17.2. The number of carbonyl (C=O) groups is 3. The fourth-order valence-corrected chi connectivity index (χ4v) is 5.18. The average Bonchev–Trinajstić information content (AvgIpc) is 3.17. The van der Waals surface area contributed by atoms with E-state index >= 15 is 0 Å². The van der Waals surface area contributed by atoms with Crippen LogP contribution in [0.5, 0.6) is 5.75 Å². The van der Waals surface area contributed by atoms with Gasteiger partial charge in [0.15, 0.2) is 0 Å². The summed E-state index contributed by atoms with van der Waals surface area (Å²) in [6.07, 6.45) is 1.66. The predicted octanol–water partition coefficient (Wildman–Crippen LogP) is 4.36. The zero-order valence-corrected chi connectivity index (χ0v) is 20.5. The molecule has 8 nitrogen and oxygen atoms in total. The van der Waals surface area contributed by atoms with E-state index < -0.39 is 17.1 Å². The summed E-state index contributed by atoms with van der Waals surface area (Å²) in [6, 6.07) is 19.0. The van der Waals surface area contributed by atoms with Crippen LogP contribution in [0.3, 0.4) is 0 Å². The molecule has 0 saturated carbocycles. The molecular formula is C27H25N3O5S. The van der Waals surface area contributed by atoms with Gasteiger partial charge in [0.05, 0.1) is 36.6 Å². The molecule has 3 amide bonds. The van der Waals surface area contributed by atoms with Gasteiger partial charge in [0.25, 0.3) is 11.1 Å². The highest BCUT2D eigenvalue weighted by molar-refractivity contribution is 8.18. The van der Waals surface area contributed by atoms with Gasteiger partial charge in [-0.05, 0) is 46.8 Å². The van der Waals surface area contributed by atoms with E-state index in [2.05, 4.69) is 10.2 Å². The number of methoxy groups -OCH3 is 1. The lowest BCUT2D eigenvalue weighted by molar-refractivity contribution is -0.127. The van der Waals surface area contributed by atoms with Crippen molar-refractivity contribution in [2.75, 3.05) is 50.2 Å². The van der Waals surface area contributed by atoms with Crippen molar-refractivity contribution in [1.82, 2.24) is 4.90 Å². The van der Waals surface area contributed by atoms with Gasteiger partial charge >= 0.3 is 0 Å². The molecule has 2 heterocycles. The molecule has 0 atom stereocenters. The zero-order valence-electron chi connectivity index (χ0n) is 19.7. The van der Waals surface area contributed by atoms with E-state index in [1.807, 2.05) is 60.7 Å². The molecule has 2 fully saturated rings. The Morgan fingerprint density at radius 3 is 2.61 bits per heavy atom. The van der Waals surface area contributed by atoms with Crippen molar-refractivity contribution >= 4 is 57.0 Å². The molecule has 9 heteroatoms. The van der Waals surface area contributed by atoms with Gasteiger partial charge in [-0.2, -0.15) is 0 Å². The molecule has 0 aromatic heterocycles. The standard InChI is InChI=1S/C27H25N3O5S/c1-34-23-11-10-18-6-2-3-7-19(18)20(23)16-24-26(32)30(27(33)36-24)17-25(31)28-21-8-4-5-9-22(21)29-12-14-35-15-13-29/h2-11,16H,12-15,17H2,1H3,(H,28,31)/b24-16+. The molecule has 3 aromatic rings. The number of nitrogens with one attached hydrogen (secondary N) is 1. The third-order valence-corrected chi connectivity index (χ3v) is 7.04. The summed E-state index contributed by atoms with van der Waals surface area (Å²) < 4.78 is 10.9. The molecule has 0 spiro atoms. The number of rotatable bonds is 6. The molecule has 36 heavy (non-hydrogen) atoms. The van der Waals surface area contributed by atoms with Crippen LogP contribution in [0.4, 0.5) is 16.2 Å². The second-order valence-electron chi connectivity index (χ2n) is 8.34. The number of amides is 3. The number of fused-ring (bicyclic) bond motifs is 1. The fourth-order valence-electron chi connectivity index (χ4n) is 4.36. The molecule has 5 rings (SSSR count). The average molecular weight is 504 g/mol. The van der Waals surface area contributed by atoms with Gasteiger partial charge < -0.3 is 19.7 Å². The van der Waals surface area contributed by atoms with Gasteiger partial charge in [-0.3, -0.25) is 19.3 Å². The molecule has 184 valence electrons. The summed E-state index contributed by atoms with van der Waals surface area (Å²) in [5.41, 5.74) is 2.23. The van der Waals surface area contributed by atoms with Gasteiger partial charge in [0.1, 0.15) is 12.3 Å². The summed E-state index contributed by atoms with van der Waals surface area (Å²) in [6.45, 7) is 2.31. The van der Waals surface area contributed by atoms with Crippen molar-refractivity contribution in [3.05, 3.63) is 71.1 Å². The summed E-state index contributed by atoms with van der Waals surface area (Å²) in [4.78, 5) is 42.1. The smallest absolute Gasteiger partial charge is 0.294 e. The Morgan fingerprint density at radius 2 is 1.81 bits per heavy atom. The number of para-hydroxylation sites is 2. The molecular weight excluding hydrogens is 478 g/mol. The minimum Gasteiger partial charge on any atom is -0.496 e. The van der Waals surface area contributed by atoms with E-state index in [1.165, 1.54) is 0 Å². The van der Waals surface area contributed by atoms with Crippen LogP contribution in [-0.4, -0.2) is 61.9 Å². The monoisotopic (exact) mass is 503 g/mol. The number of ether oxygens (including phenoxy) is 2. The molecule has 3 aromatic carbocycles. The third kappa shape index (κ3) is 4.80. The third-order valence-electron chi connectivity index (χ3n) is 6.13. The highest BCUT2D eigenvalue weighted by Crippen LogP contribution is 2.37. The molecule has 1 N–H and O–H groups in total. The first kappa shape index (κ1) is 23.9. The van der Waals surface area contributed by atoms with E-state index in [4.69, 9.17) is 9.47 Å². The topological polar surface area (TPSA) is 88.2 Å². The molecule has 2 saturated heterocycles. The van der Waals surface area contributed by atoms with Crippen molar-refractivity contribution in [2.24, 2.45) is 0 Å². The maximum absolute atomic E-state index is 13.1. The fraction of sp³-hybridized carbons (Fsp3) is 0.222. The Bertz CT molecular complexity index is 1370. The first-order valence-corrected chi connectivity index (χ1v) is 12.4. The Labute approximate surface area is 212 Å². The second-order valence-corrected chi connectivity index (χ2v) is 9.33. The number of thioether (sulfide) groups is 1. The molecule has 0 radical (unpaired) electrons. The number of benzene rings is 3. The summed E-state index contributed by atoms with van der Waals surface area (Å²) in [5.74, 6) is -0.350. The highest BCUT2D eigenvalue weighted by atomic mass is 32.2. The van der Waals surface area contributed by atoms with Gasteiger partial charge in [0, 0.05) is 18.7 Å². The van der Waals surface area contributed by atoms with Crippen molar-refractivity contribution < 1.29 is 23.9 Å². The maximum atomic E-state index is 13.1. The van der Waals surface area contributed by atoms with E-state index in [-0.39, 0.29) is 11.4 Å². The Hall–Kier alpha value is -3.82. The van der Waals surface area contributed by atoms with Crippen LogP contribution in [-0.2, 0) is 14.3 Å². The van der Waals surface area contributed by atoms with Gasteiger partial charge in [0.2, 0.25) is 5.91 Å². The highest BCUT2D eigenvalue weighted by Gasteiger charge is 2.36. The van der Waals surface area contributed by atoms with Crippen molar-refractivity contribution in [2.45, 2.75) is 0 Å².